The van der Waals surface area contributed by atoms with Gasteiger partial charge >= 0.3 is 0 Å². The lowest BCUT2D eigenvalue weighted by Gasteiger charge is -2.19. The van der Waals surface area contributed by atoms with E-state index in [1.807, 2.05) is 13.8 Å². The quantitative estimate of drug-likeness (QED) is 0.737. The molecule has 16 heavy (non-hydrogen) atoms. The highest BCUT2D eigenvalue weighted by molar-refractivity contribution is 7.92. The van der Waals surface area contributed by atoms with E-state index in [1.165, 1.54) is 6.92 Å². The summed E-state index contributed by atoms with van der Waals surface area (Å²) >= 11 is 5.71. The normalized spacial score (nSPS) is 15.9. The van der Waals surface area contributed by atoms with Crippen LogP contribution in [0.15, 0.2) is 0 Å². The molecule has 0 heterocycles. The molecule has 2 unspecified atom stereocenters. The minimum absolute atomic E-state index is 0.168. The van der Waals surface area contributed by atoms with E-state index in [0.29, 0.717) is 11.8 Å². The molecule has 4 nitrogen and oxygen atoms in total. The second-order valence-electron chi connectivity index (χ2n) is 4.46. The van der Waals surface area contributed by atoms with Gasteiger partial charge in [-0.25, -0.2) is 8.42 Å². The van der Waals surface area contributed by atoms with Crippen LogP contribution in [0.5, 0.6) is 0 Å². The van der Waals surface area contributed by atoms with Crippen LogP contribution in [0.4, 0.5) is 0 Å². The Hall–Kier alpha value is -0.290. The minimum Gasteiger partial charge on any atom is -0.351 e. The number of sulfone groups is 1. The molecule has 0 aromatic carbocycles. The van der Waals surface area contributed by atoms with E-state index < -0.39 is 21.0 Å². The average Bonchev–Trinajstić information content (AvgIpc) is 2.13. The molecular formula is C10H20ClNO3S. The maximum atomic E-state index is 11.6. The number of hydrogen-bond donors (Lipinski definition) is 1. The molecule has 1 N–H and O–H groups in total. The van der Waals surface area contributed by atoms with Crippen LogP contribution in [-0.2, 0) is 14.6 Å². The summed E-state index contributed by atoms with van der Waals surface area (Å²) < 4.78 is 22.3. The molecule has 0 saturated heterocycles. The third-order valence-electron chi connectivity index (χ3n) is 2.30. The van der Waals surface area contributed by atoms with Gasteiger partial charge in [-0.05, 0) is 19.3 Å². The standard InChI is InChI=1S/C10H20ClNO3S/c1-7(2)5-9(6-11)12-10(13)8(3)16(4,14)15/h7-9H,5-6H2,1-4H3,(H,12,13). The molecule has 6 heteroatoms. The summed E-state index contributed by atoms with van der Waals surface area (Å²) in [5.41, 5.74) is 0. The van der Waals surface area contributed by atoms with E-state index in [1.54, 1.807) is 0 Å². The molecule has 96 valence electrons. The van der Waals surface area contributed by atoms with Crippen LogP contribution in [0.3, 0.4) is 0 Å². The molecule has 0 aliphatic heterocycles. The summed E-state index contributed by atoms with van der Waals surface area (Å²) in [6, 6.07) is -0.168. The molecule has 0 radical (unpaired) electrons. The van der Waals surface area contributed by atoms with Crippen molar-refractivity contribution in [3.05, 3.63) is 0 Å². The van der Waals surface area contributed by atoms with Crippen LogP contribution < -0.4 is 5.32 Å². The van der Waals surface area contributed by atoms with E-state index in [2.05, 4.69) is 5.32 Å². The summed E-state index contributed by atoms with van der Waals surface area (Å²) in [5, 5.41) is 1.63. The number of alkyl halides is 1. The Morgan fingerprint density at radius 3 is 2.12 bits per heavy atom. The molecule has 2 atom stereocenters. The first-order valence-electron chi connectivity index (χ1n) is 5.23. The first kappa shape index (κ1) is 15.7. The Labute approximate surface area is 103 Å². The molecule has 0 rings (SSSR count). The van der Waals surface area contributed by atoms with Crippen LogP contribution in [0.2, 0.25) is 0 Å². The van der Waals surface area contributed by atoms with Crippen LogP contribution in [0.25, 0.3) is 0 Å². The van der Waals surface area contributed by atoms with Gasteiger partial charge in [0.05, 0.1) is 0 Å². The number of carbonyl (C=O) groups is 1. The van der Waals surface area contributed by atoms with Crippen molar-refractivity contribution in [3.63, 3.8) is 0 Å². The lowest BCUT2D eigenvalue weighted by atomic mass is 10.1. The fraction of sp³-hybridized carbons (Fsp3) is 0.900. The van der Waals surface area contributed by atoms with Gasteiger partial charge in [0.25, 0.3) is 0 Å². The second-order valence-corrected chi connectivity index (χ2v) is 7.14. The zero-order valence-corrected chi connectivity index (χ0v) is 11.7. The summed E-state index contributed by atoms with van der Waals surface area (Å²) in [7, 11) is -3.34. The summed E-state index contributed by atoms with van der Waals surface area (Å²) in [4.78, 5) is 11.6. The highest BCUT2D eigenvalue weighted by atomic mass is 35.5. The average molecular weight is 270 g/mol. The molecule has 0 saturated carbocycles. The lowest BCUT2D eigenvalue weighted by Crippen LogP contribution is -2.44. The van der Waals surface area contributed by atoms with Crippen molar-refractivity contribution in [3.8, 4) is 0 Å². The number of halogens is 1. The Kier molecular flexibility index (Phi) is 6.33. The van der Waals surface area contributed by atoms with Gasteiger partial charge in [-0.3, -0.25) is 4.79 Å². The van der Waals surface area contributed by atoms with Crippen LogP contribution in [-0.4, -0.2) is 37.8 Å². The van der Waals surface area contributed by atoms with Gasteiger partial charge in [0.1, 0.15) is 5.25 Å². The van der Waals surface area contributed by atoms with Gasteiger partial charge in [0.2, 0.25) is 5.91 Å². The highest BCUT2D eigenvalue weighted by Gasteiger charge is 2.25. The van der Waals surface area contributed by atoms with E-state index in [-0.39, 0.29) is 6.04 Å². The van der Waals surface area contributed by atoms with Gasteiger partial charge < -0.3 is 5.32 Å². The van der Waals surface area contributed by atoms with Gasteiger partial charge in [-0.1, -0.05) is 13.8 Å². The van der Waals surface area contributed by atoms with Crippen molar-refractivity contribution in [2.75, 3.05) is 12.1 Å². The fourth-order valence-corrected chi connectivity index (χ4v) is 1.90. The molecule has 0 aliphatic carbocycles. The number of carbonyl (C=O) groups excluding carboxylic acids is 1. The largest absolute Gasteiger partial charge is 0.351 e. The van der Waals surface area contributed by atoms with Gasteiger partial charge in [-0.2, -0.15) is 0 Å². The smallest absolute Gasteiger partial charge is 0.238 e. The maximum Gasteiger partial charge on any atom is 0.238 e. The first-order valence-corrected chi connectivity index (χ1v) is 7.72. The number of rotatable bonds is 6. The topological polar surface area (TPSA) is 63.2 Å². The second kappa shape index (κ2) is 6.45. The Morgan fingerprint density at radius 2 is 1.81 bits per heavy atom. The van der Waals surface area contributed by atoms with Crippen LogP contribution >= 0.6 is 11.6 Å². The van der Waals surface area contributed by atoms with Gasteiger partial charge in [-0.15, -0.1) is 11.6 Å². The Balaban J connectivity index is 4.42. The predicted molar refractivity (Wildman–Crippen MR) is 66.4 cm³/mol. The zero-order valence-electron chi connectivity index (χ0n) is 10.2. The number of hydrogen-bond acceptors (Lipinski definition) is 3. The van der Waals surface area contributed by atoms with Crippen LogP contribution in [0.1, 0.15) is 27.2 Å². The van der Waals surface area contributed by atoms with Gasteiger partial charge in [0.15, 0.2) is 9.84 Å². The Bertz CT molecular complexity index is 327. The molecule has 0 fully saturated rings. The maximum absolute atomic E-state index is 11.6. The predicted octanol–water partition coefficient (Wildman–Crippen LogP) is 1.19. The molecule has 0 spiro atoms. The molecule has 0 aromatic heterocycles. The summed E-state index contributed by atoms with van der Waals surface area (Å²) in [6.45, 7) is 5.42. The number of nitrogens with one attached hydrogen (secondary N) is 1. The zero-order chi connectivity index (χ0) is 12.9. The van der Waals surface area contributed by atoms with E-state index in [4.69, 9.17) is 11.6 Å². The molecule has 0 aromatic rings. The molecular weight excluding hydrogens is 250 g/mol. The number of amides is 1. The lowest BCUT2D eigenvalue weighted by molar-refractivity contribution is -0.121. The monoisotopic (exact) mass is 269 g/mol. The SMILES string of the molecule is CC(C)CC(CCl)NC(=O)C(C)S(C)(=O)=O. The fourth-order valence-electron chi connectivity index (χ4n) is 1.24. The van der Waals surface area contributed by atoms with Crippen molar-refractivity contribution in [1.82, 2.24) is 5.32 Å². The first-order chi connectivity index (χ1) is 7.18. The third kappa shape index (κ3) is 5.70. The van der Waals surface area contributed by atoms with Crippen LogP contribution in [0, 0.1) is 5.92 Å². The van der Waals surface area contributed by atoms with Crippen molar-refractivity contribution in [1.29, 1.82) is 0 Å². The van der Waals surface area contributed by atoms with Gasteiger partial charge in [0, 0.05) is 18.2 Å². The highest BCUT2D eigenvalue weighted by Crippen LogP contribution is 2.07. The van der Waals surface area contributed by atoms with Crippen molar-refractivity contribution in [2.24, 2.45) is 5.92 Å². The van der Waals surface area contributed by atoms with Crippen molar-refractivity contribution in [2.45, 2.75) is 38.5 Å². The summed E-state index contributed by atoms with van der Waals surface area (Å²) in [6.07, 6.45) is 1.79. The van der Waals surface area contributed by atoms with E-state index in [9.17, 15) is 13.2 Å². The molecule has 0 bridgehead atoms. The van der Waals surface area contributed by atoms with E-state index >= 15 is 0 Å². The van der Waals surface area contributed by atoms with Crippen molar-refractivity contribution < 1.29 is 13.2 Å². The molecule has 1 amide bonds. The summed E-state index contributed by atoms with van der Waals surface area (Å²) in [5.74, 6) is 0.215. The van der Waals surface area contributed by atoms with E-state index in [0.717, 1.165) is 12.7 Å². The van der Waals surface area contributed by atoms with Crippen molar-refractivity contribution >= 4 is 27.3 Å². The Morgan fingerprint density at radius 1 is 1.31 bits per heavy atom. The molecule has 0 aliphatic rings. The minimum atomic E-state index is -3.34. The third-order valence-corrected chi connectivity index (χ3v) is 4.17.